The van der Waals surface area contributed by atoms with Crippen LogP contribution in [0.25, 0.3) is 11.1 Å². The topological polar surface area (TPSA) is 81.6 Å². The Kier molecular flexibility index (Phi) is 9.82. The summed E-state index contributed by atoms with van der Waals surface area (Å²) in [6, 6.07) is 3.92. The first-order valence-corrected chi connectivity index (χ1v) is 11.1. The summed E-state index contributed by atoms with van der Waals surface area (Å²) in [5, 5.41) is 13.1. The zero-order chi connectivity index (χ0) is 24.4. The summed E-state index contributed by atoms with van der Waals surface area (Å²) in [4.78, 5) is 25.4. The summed E-state index contributed by atoms with van der Waals surface area (Å²) in [5.41, 5.74) is 4.07. The van der Waals surface area contributed by atoms with Crippen LogP contribution in [0.15, 0.2) is 66.5 Å². The molecule has 0 atom stereocenters. The third kappa shape index (κ3) is 7.29. The van der Waals surface area contributed by atoms with E-state index in [9.17, 15) is 9.90 Å². The molecule has 0 unspecified atom stereocenters. The lowest BCUT2D eigenvalue weighted by molar-refractivity contribution is 0.0786. The lowest BCUT2D eigenvalue weighted by atomic mass is 10.0. The van der Waals surface area contributed by atoms with Crippen molar-refractivity contribution in [3.05, 3.63) is 77.6 Å². The molecule has 1 amide bonds. The van der Waals surface area contributed by atoms with Gasteiger partial charge in [0, 0.05) is 61.6 Å². The third-order valence-electron chi connectivity index (χ3n) is 5.26. The number of aliphatic hydroxyl groups is 1. The summed E-state index contributed by atoms with van der Waals surface area (Å²) in [6.07, 6.45) is 13.0. The molecule has 7 heteroatoms. The fourth-order valence-electron chi connectivity index (χ4n) is 3.16. The minimum atomic E-state index is -0.0533. The average Bonchev–Trinajstić information content (AvgIpc) is 2.84. The minimum Gasteiger partial charge on any atom is -0.508 e. The van der Waals surface area contributed by atoms with E-state index in [0.717, 1.165) is 41.0 Å². The van der Waals surface area contributed by atoms with Crippen molar-refractivity contribution < 1.29 is 9.90 Å². The van der Waals surface area contributed by atoms with Crippen LogP contribution in [0.5, 0.6) is 0 Å². The van der Waals surface area contributed by atoms with E-state index in [0.29, 0.717) is 12.1 Å². The number of carbonyl (C=O) groups is 1. The summed E-state index contributed by atoms with van der Waals surface area (Å²) in [6.45, 7) is 7.17. The van der Waals surface area contributed by atoms with E-state index in [1.54, 1.807) is 55.8 Å². The van der Waals surface area contributed by atoms with Crippen LogP contribution < -0.4 is 5.32 Å². The molecule has 7 nitrogen and oxygen atoms in total. The second-order valence-corrected chi connectivity index (χ2v) is 7.97. The molecule has 176 valence electrons. The maximum Gasteiger partial charge on any atom is 0.255 e. The Balaban J connectivity index is 2.22. The number of nitrogens with one attached hydrogen (secondary N) is 1. The molecular formula is C26H35N5O2. The molecule has 2 N–H and O–H groups in total. The van der Waals surface area contributed by atoms with Crippen molar-refractivity contribution in [2.75, 3.05) is 39.5 Å². The van der Waals surface area contributed by atoms with E-state index in [2.05, 4.69) is 28.3 Å². The van der Waals surface area contributed by atoms with Crippen molar-refractivity contribution in [2.45, 2.75) is 27.2 Å². The highest BCUT2D eigenvalue weighted by Gasteiger charge is 2.14. The molecule has 0 bridgehead atoms. The zero-order valence-electron chi connectivity index (χ0n) is 20.5. The first-order valence-electron chi connectivity index (χ1n) is 11.1. The van der Waals surface area contributed by atoms with E-state index in [4.69, 9.17) is 0 Å². The number of likely N-dealkylation sites (N-methyl/N-ethyl adjacent to an activating group) is 2. The molecule has 0 aromatic carbocycles. The molecule has 0 saturated heterocycles. The van der Waals surface area contributed by atoms with Gasteiger partial charge in [0.2, 0.25) is 0 Å². The Morgan fingerprint density at radius 1 is 1.06 bits per heavy atom. The van der Waals surface area contributed by atoms with Crippen LogP contribution in [0, 0.1) is 0 Å². The highest BCUT2D eigenvalue weighted by Crippen LogP contribution is 2.24. The van der Waals surface area contributed by atoms with Crippen molar-refractivity contribution in [3.8, 4) is 11.1 Å². The monoisotopic (exact) mass is 449 g/mol. The van der Waals surface area contributed by atoms with Gasteiger partial charge in [-0.3, -0.25) is 9.78 Å². The molecular weight excluding hydrogens is 414 g/mol. The number of hydrogen-bond donors (Lipinski definition) is 2. The number of carbonyl (C=O) groups excluding carboxylic acids is 1. The smallest absolute Gasteiger partial charge is 0.255 e. The summed E-state index contributed by atoms with van der Waals surface area (Å²) in [5.74, 6) is 0.919. The van der Waals surface area contributed by atoms with Crippen LogP contribution in [-0.4, -0.2) is 65.0 Å². The predicted molar refractivity (Wildman–Crippen MR) is 135 cm³/mol. The summed E-state index contributed by atoms with van der Waals surface area (Å²) < 4.78 is 0. The van der Waals surface area contributed by atoms with Crippen molar-refractivity contribution in [3.63, 3.8) is 0 Å². The second kappa shape index (κ2) is 12.6. The number of pyridine rings is 2. The van der Waals surface area contributed by atoms with Gasteiger partial charge in [0.1, 0.15) is 11.6 Å². The van der Waals surface area contributed by atoms with Crippen molar-refractivity contribution in [1.29, 1.82) is 0 Å². The molecule has 0 saturated carbocycles. The van der Waals surface area contributed by atoms with Crippen molar-refractivity contribution in [2.24, 2.45) is 0 Å². The SMILES string of the molecule is C/C=C(/C=C/Nc1ncc(-c2cncc(C(=O)N(C)CCN(C)C)c2)cc1CC)C(\O)=C/C. The molecule has 0 aliphatic carbocycles. The molecule has 0 aliphatic heterocycles. The Hall–Kier alpha value is -3.45. The number of amides is 1. The molecule has 2 rings (SSSR count). The van der Waals surface area contributed by atoms with Crippen LogP contribution in [0.2, 0.25) is 0 Å². The quantitative estimate of drug-likeness (QED) is 0.405. The van der Waals surface area contributed by atoms with E-state index < -0.39 is 0 Å². The Morgan fingerprint density at radius 2 is 1.79 bits per heavy atom. The minimum absolute atomic E-state index is 0.0533. The molecule has 2 heterocycles. The van der Waals surface area contributed by atoms with Gasteiger partial charge in [0.25, 0.3) is 5.91 Å². The van der Waals surface area contributed by atoms with Crippen LogP contribution in [0.4, 0.5) is 5.82 Å². The van der Waals surface area contributed by atoms with Crippen molar-refractivity contribution in [1.82, 2.24) is 19.8 Å². The standard InChI is InChI=1S/C26H35N5O2/c1-7-19(24(32)9-3)10-11-28-25-20(8-2)14-22(18-29-25)21-15-23(17-27-16-21)26(33)31(6)13-12-30(4)5/h7,9-11,14-18,32H,8,12-13H2,1-6H3,(H,28,29)/b11-10+,19-7-,24-9+. The second-order valence-electron chi connectivity index (χ2n) is 7.97. The molecule has 33 heavy (non-hydrogen) atoms. The van der Waals surface area contributed by atoms with Crippen molar-refractivity contribution >= 4 is 11.7 Å². The van der Waals surface area contributed by atoms with E-state index in [-0.39, 0.29) is 11.7 Å². The van der Waals surface area contributed by atoms with Gasteiger partial charge in [-0.1, -0.05) is 13.0 Å². The number of hydrogen-bond acceptors (Lipinski definition) is 6. The summed E-state index contributed by atoms with van der Waals surface area (Å²) in [7, 11) is 5.77. The average molecular weight is 450 g/mol. The number of aliphatic hydroxyl groups excluding tert-OH is 1. The van der Waals surface area contributed by atoms with Crippen LogP contribution >= 0.6 is 0 Å². The van der Waals surface area contributed by atoms with Gasteiger partial charge < -0.3 is 20.2 Å². The number of aromatic nitrogens is 2. The molecule has 0 spiro atoms. The lowest BCUT2D eigenvalue weighted by Crippen LogP contribution is -2.33. The number of nitrogens with zero attached hydrogens (tertiary/aromatic N) is 4. The predicted octanol–water partition coefficient (Wildman–Crippen LogP) is 4.67. The number of aryl methyl sites for hydroxylation is 1. The van der Waals surface area contributed by atoms with Gasteiger partial charge in [0.05, 0.1) is 5.56 Å². The van der Waals surface area contributed by atoms with Gasteiger partial charge in [-0.2, -0.15) is 0 Å². The molecule has 0 fully saturated rings. The lowest BCUT2D eigenvalue weighted by Gasteiger charge is -2.19. The Morgan fingerprint density at radius 3 is 2.42 bits per heavy atom. The normalized spacial score (nSPS) is 12.5. The Labute approximate surface area is 197 Å². The van der Waals surface area contributed by atoms with E-state index >= 15 is 0 Å². The molecule has 2 aromatic heterocycles. The Bertz CT molecular complexity index is 1040. The molecule has 0 aliphatic rings. The van der Waals surface area contributed by atoms with E-state index in [1.165, 1.54) is 0 Å². The van der Waals surface area contributed by atoms with E-state index in [1.807, 2.05) is 38.1 Å². The fraction of sp³-hybridized carbons (Fsp3) is 0.346. The zero-order valence-corrected chi connectivity index (χ0v) is 20.5. The van der Waals surface area contributed by atoms with Crippen LogP contribution in [-0.2, 0) is 6.42 Å². The van der Waals surface area contributed by atoms with Gasteiger partial charge in [-0.15, -0.1) is 0 Å². The number of rotatable bonds is 10. The summed E-state index contributed by atoms with van der Waals surface area (Å²) >= 11 is 0. The molecule has 2 aromatic rings. The molecule has 0 radical (unpaired) electrons. The highest BCUT2D eigenvalue weighted by atomic mass is 16.3. The largest absolute Gasteiger partial charge is 0.508 e. The highest BCUT2D eigenvalue weighted by molar-refractivity contribution is 5.95. The van der Waals surface area contributed by atoms with Crippen LogP contribution in [0.3, 0.4) is 0 Å². The van der Waals surface area contributed by atoms with Crippen LogP contribution in [0.1, 0.15) is 36.7 Å². The number of allylic oxidation sites excluding steroid dienone is 3. The first kappa shape index (κ1) is 25.8. The number of anilines is 1. The van der Waals surface area contributed by atoms with Gasteiger partial charge in [-0.25, -0.2) is 4.98 Å². The third-order valence-corrected chi connectivity index (χ3v) is 5.26. The maximum absolute atomic E-state index is 12.8. The first-order chi connectivity index (χ1) is 15.8. The maximum atomic E-state index is 12.8. The van der Waals surface area contributed by atoms with Gasteiger partial charge in [0.15, 0.2) is 0 Å². The van der Waals surface area contributed by atoms with Gasteiger partial charge >= 0.3 is 0 Å². The van der Waals surface area contributed by atoms with Gasteiger partial charge in [-0.05, 0) is 64.2 Å². The fourth-order valence-corrected chi connectivity index (χ4v) is 3.16.